The molecule has 0 amide bonds. The summed E-state index contributed by atoms with van der Waals surface area (Å²) in [4.78, 5) is 12.1. The first kappa shape index (κ1) is 14.9. The molecule has 2 rings (SSSR count). The fraction of sp³-hybridized carbons (Fsp3) is 0. The Morgan fingerprint density at radius 2 is 1.89 bits per heavy atom. The van der Waals surface area contributed by atoms with Gasteiger partial charge in [-0.25, -0.2) is 8.78 Å². The number of benzene rings is 2. The summed E-state index contributed by atoms with van der Waals surface area (Å²) in [5.74, 6) is -2.56. The molecule has 0 saturated heterocycles. The Morgan fingerprint density at radius 3 is 2.53 bits per heavy atom. The number of hydrogen-bond acceptors (Lipinski definition) is 1. The first-order chi connectivity index (χ1) is 8.91. The first-order valence-electron chi connectivity index (χ1n) is 5.05. The van der Waals surface area contributed by atoms with Crippen molar-refractivity contribution in [2.45, 2.75) is 0 Å². The van der Waals surface area contributed by atoms with Crippen LogP contribution in [0.25, 0.3) is 0 Å². The van der Waals surface area contributed by atoms with Gasteiger partial charge in [-0.1, -0.05) is 11.6 Å². The number of carbonyl (C=O) groups excluding carboxylic acids is 1. The van der Waals surface area contributed by atoms with Crippen LogP contribution in [0.5, 0.6) is 0 Å². The van der Waals surface area contributed by atoms with Crippen LogP contribution in [0, 0.1) is 15.2 Å². The molecule has 0 heterocycles. The van der Waals surface area contributed by atoms with Crippen LogP contribution in [0.1, 0.15) is 15.9 Å². The second-order valence-corrected chi connectivity index (χ2v) is 6.10. The Hall–Kier alpha value is -0.530. The average molecular weight is 457 g/mol. The summed E-state index contributed by atoms with van der Waals surface area (Å²) in [6, 6.07) is 6.74. The minimum absolute atomic E-state index is 0.0360. The highest BCUT2D eigenvalue weighted by atomic mass is 127. The van der Waals surface area contributed by atoms with E-state index in [-0.39, 0.29) is 10.0 Å². The number of halogens is 5. The van der Waals surface area contributed by atoms with Crippen molar-refractivity contribution in [3.63, 3.8) is 0 Å². The van der Waals surface area contributed by atoms with Crippen molar-refractivity contribution in [1.29, 1.82) is 0 Å². The molecule has 0 aliphatic carbocycles. The van der Waals surface area contributed by atoms with E-state index in [1.807, 2.05) is 22.6 Å². The van der Waals surface area contributed by atoms with Gasteiger partial charge in [-0.3, -0.25) is 4.79 Å². The molecule has 0 N–H and O–H groups in total. The molecule has 0 spiro atoms. The Morgan fingerprint density at radius 1 is 1.21 bits per heavy atom. The Bertz CT molecular complexity index is 676. The van der Waals surface area contributed by atoms with E-state index in [0.717, 1.165) is 9.64 Å². The molecular formula is C13H5BrClF2IO. The van der Waals surface area contributed by atoms with Crippen LogP contribution in [-0.2, 0) is 0 Å². The van der Waals surface area contributed by atoms with Crippen molar-refractivity contribution in [1.82, 2.24) is 0 Å². The molecule has 6 heteroatoms. The van der Waals surface area contributed by atoms with Crippen LogP contribution in [0.15, 0.2) is 34.8 Å². The van der Waals surface area contributed by atoms with Gasteiger partial charge in [0.05, 0.1) is 15.1 Å². The highest BCUT2D eigenvalue weighted by Gasteiger charge is 2.21. The van der Waals surface area contributed by atoms with Gasteiger partial charge in [0.15, 0.2) is 11.6 Å². The third-order valence-electron chi connectivity index (χ3n) is 2.45. The molecule has 0 fully saturated rings. The lowest BCUT2D eigenvalue weighted by molar-refractivity contribution is 0.103. The van der Waals surface area contributed by atoms with Crippen molar-refractivity contribution in [3.05, 3.63) is 66.2 Å². The highest BCUT2D eigenvalue weighted by molar-refractivity contribution is 14.1. The average Bonchev–Trinajstić information content (AvgIpc) is 2.37. The standard InChI is InChI=1S/C13H5BrClF2IO/c14-7-2-3-9(16)11(12(7)17)13(19)6-1-4-10(18)8(15)5-6/h1-5H. The van der Waals surface area contributed by atoms with Crippen molar-refractivity contribution in [3.8, 4) is 0 Å². The predicted octanol–water partition coefficient (Wildman–Crippen LogP) is 5.22. The minimum Gasteiger partial charge on any atom is -0.288 e. The quantitative estimate of drug-likeness (QED) is 0.344. The second kappa shape index (κ2) is 5.85. The molecule has 0 atom stereocenters. The maximum absolute atomic E-state index is 13.8. The van der Waals surface area contributed by atoms with Gasteiger partial charge in [0, 0.05) is 9.13 Å². The van der Waals surface area contributed by atoms with Gasteiger partial charge in [0.1, 0.15) is 5.82 Å². The number of hydrogen-bond donors (Lipinski definition) is 0. The van der Waals surface area contributed by atoms with Gasteiger partial charge in [0.2, 0.25) is 0 Å². The van der Waals surface area contributed by atoms with E-state index in [4.69, 9.17) is 11.6 Å². The largest absolute Gasteiger partial charge is 0.288 e. The summed E-state index contributed by atoms with van der Waals surface area (Å²) < 4.78 is 28.3. The molecule has 2 aromatic carbocycles. The molecule has 0 aliphatic heterocycles. The van der Waals surface area contributed by atoms with Crippen LogP contribution >= 0.6 is 50.1 Å². The molecule has 2 aromatic rings. The summed E-state index contributed by atoms with van der Waals surface area (Å²) >= 11 is 10.8. The Balaban J connectivity index is 2.56. The molecule has 0 unspecified atom stereocenters. The van der Waals surface area contributed by atoms with Crippen LogP contribution in [0.2, 0.25) is 5.02 Å². The number of ketones is 1. The molecule has 0 radical (unpaired) electrons. The van der Waals surface area contributed by atoms with Crippen LogP contribution in [-0.4, -0.2) is 5.78 Å². The maximum Gasteiger partial charge on any atom is 0.199 e. The van der Waals surface area contributed by atoms with E-state index in [1.165, 1.54) is 18.2 Å². The van der Waals surface area contributed by atoms with E-state index < -0.39 is 23.0 Å². The van der Waals surface area contributed by atoms with E-state index in [2.05, 4.69) is 15.9 Å². The van der Waals surface area contributed by atoms with Gasteiger partial charge in [0.25, 0.3) is 0 Å². The summed E-state index contributed by atoms with van der Waals surface area (Å²) in [5, 5.41) is 0.363. The lowest BCUT2D eigenvalue weighted by Gasteiger charge is -2.06. The topological polar surface area (TPSA) is 17.1 Å². The van der Waals surface area contributed by atoms with E-state index >= 15 is 0 Å². The zero-order valence-corrected chi connectivity index (χ0v) is 13.7. The smallest absolute Gasteiger partial charge is 0.199 e. The second-order valence-electron chi connectivity index (χ2n) is 3.68. The van der Waals surface area contributed by atoms with Gasteiger partial charge >= 0.3 is 0 Å². The van der Waals surface area contributed by atoms with Crippen molar-refractivity contribution < 1.29 is 13.6 Å². The third kappa shape index (κ3) is 2.98. The molecule has 98 valence electrons. The van der Waals surface area contributed by atoms with Crippen LogP contribution in [0.3, 0.4) is 0 Å². The molecule has 0 bridgehead atoms. The predicted molar refractivity (Wildman–Crippen MR) is 81.7 cm³/mol. The highest BCUT2D eigenvalue weighted by Crippen LogP contribution is 2.26. The monoisotopic (exact) mass is 456 g/mol. The number of rotatable bonds is 2. The van der Waals surface area contributed by atoms with Crippen molar-refractivity contribution in [2.24, 2.45) is 0 Å². The summed E-state index contributed by atoms with van der Waals surface area (Å²) in [5.41, 5.74) is -0.451. The summed E-state index contributed by atoms with van der Waals surface area (Å²) in [6.07, 6.45) is 0. The zero-order chi connectivity index (χ0) is 14.2. The SMILES string of the molecule is O=C(c1ccc(I)c(Cl)c1)c1c(F)ccc(Br)c1F. The first-order valence-corrected chi connectivity index (χ1v) is 7.30. The zero-order valence-electron chi connectivity index (χ0n) is 9.18. The number of carbonyl (C=O) groups is 1. The van der Waals surface area contributed by atoms with Crippen LogP contribution < -0.4 is 0 Å². The van der Waals surface area contributed by atoms with E-state index in [1.54, 1.807) is 6.07 Å². The van der Waals surface area contributed by atoms with Gasteiger partial charge in [-0.2, -0.15) is 0 Å². The van der Waals surface area contributed by atoms with Crippen LogP contribution in [0.4, 0.5) is 8.78 Å². The maximum atomic E-state index is 13.8. The minimum atomic E-state index is -0.917. The van der Waals surface area contributed by atoms with Crippen molar-refractivity contribution >= 4 is 55.9 Å². The molecule has 0 aliphatic rings. The third-order valence-corrected chi connectivity index (χ3v) is 4.64. The fourth-order valence-corrected chi connectivity index (χ4v) is 2.36. The molecular weight excluding hydrogens is 452 g/mol. The molecule has 19 heavy (non-hydrogen) atoms. The molecule has 1 nitrogen and oxygen atoms in total. The van der Waals surface area contributed by atoms with Gasteiger partial charge in [-0.05, 0) is 68.9 Å². The lowest BCUT2D eigenvalue weighted by Crippen LogP contribution is -2.08. The fourth-order valence-electron chi connectivity index (χ4n) is 1.52. The molecule has 0 saturated carbocycles. The normalized spacial score (nSPS) is 10.6. The Kier molecular flexibility index (Phi) is 4.58. The lowest BCUT2D eigenvalue weighted by atomic mass is 10.0. The van der Waals surface area contributed by atoms with E-state index in [0.29, 0.717) is 5.02 Å². The summed E-state index contributed by atoms with van der Waals surface area (Å²) in [6.45, 7) is 0. The van der Waals surface area contributed by atoms with E-state index in [9.17, 15) is 13.6 Å². The van der Waals surface area contributed by atoms with Gasteiger partial charge < -0.3 is 0 Å². The van der Waals surface area contributed by atoms with Crippen molar-refractivity contribution in [2.75, 3.05) is 0 Å². The van der Waals surface area contributed by atoms with Gasteiger partial charge in [-0.15, -0.1) is 0 Å². The summed E-state index contributed by atoms with van der Waals surface area (Å²) in [7, 11) is 0. The Labute approximate surface area is 135 Å². The molecule has 0 aromatic heterocycles.